The van der Waals surface area contributed by atoms with Crippen molar-refractivity contribution in [1.82, 2.24) is 14.8 Å². The minimum absolute atomic E-state index is 0.0514. The Morgan fingerprint density at radius 2 is 1.84 bits per heavy atom. The number of hydrogen-bond donors (Lipinski definition) is 2. The molecule has 2 N–H and O–H groups in total. The molecule has 0 unspecified atom stereocenters. The molecule has 2 aromatic rings. The Hall–Kier alpha value is -3.39. The average molecular weight is 440 g/mol. The number of rotatable bonds is 9. The fourth-order valence-electron chi connectivity index (χ4n) is 3.99. The minimum Gasteiger partial charge on any atom is -0.507 e. The monoisotopic (exact) mass is 439 g/mol. The molecule has 3 rings (SSSR count). The summed E-state index contributed by atoms with van der Waals surface area (Å²) in [7, 11) is 1.46. The van der Waals surface area contributed by atoms with Gasteiger partial charge in [0.1, 0.15) is 17.3 Å². The number of benzene rings is 1. The molecule has 0 bridgehead atoms. The summed E-state index contributed by atoms with van der Waals surface area (Å²) in [6, 6.07) is 7.04. The van der Waals surface area contributed by atoms with Gasteiger partial charge in [0.05, 0.1) is 24.3 Å². The van der Waals surface area contributed by atoms with Crippen LogP contribution in [0, 0.1) is 0 Å². The zero-order valence-electron chi connectivity index (χ0n) is 18.6. The third-order valence-corrected chi connectivity index (χ3v) is 5.79. The molecule has 2 heterocycles. The van der Waals surface area contributed by atoms with Crippen LogP contribution in [0.2, 0.25) is 0 Å². The van der Waals surface area contributed by atoms with Crippen molar-refractivity contribution >= 4 is 17.4 Å². The van der Waals surface area contributed by atoms with Crippen molar-refractivity contribution in [2.75, 3.05) is 33.3 Å². The molecular formula is C24H29N3O5. The fourth-order valence-corrected chi connectivity index (χ4v) is 3.99. The SMILES string of the molecule is CCN(CC)CCCN1C(=O)C(=O)C(=C(O)c2ccc(OC)cc2O)[C@@H]1c1ccncc1. The lowest BCUT2D eigenvalue weighted by atomic mass is 9.95. The summed E-state index contributed by atoms with van der Waals surface area (Å²) in [5.74, 6) is -1.70. The number of aromatic hydroxyl groups is 1. The number of carbonyl (C=O) groups excluding carboxylic acids is 2. The number of carbonyl (C=O) groups is 2. The Morgan fingerprint density at radius 1 is 1.16 bits per heavy atom. The van der Waals surface area contributed by atoms with Crippen molar-refractivity contribution in [1.29, 1.82) is 0 Å². The summed E-state index contributed by atoms with van der Waals surface area (Å²) in [4.78, 5) is 33.7. The quantitative estimate of drug-likeness (QED) is 0.352. The fraction of sp³-hybridized carbons (Fsp3) is 0.375. The van der Waals surface area contributed by atoms with Crippen LogP contribution in [0.25, 0.3) is 5.76 Å². The van der Waals surface area contributed by atoms with E-state index in [4.69, 9.17) is 4.74 Å². The average Bonchev–Trinajstić information content (AvgIpc) is 3.06. The van der Waals surface area contributed by atoms with E-state index in [1.807, 2.05) is 0 Å². The molecule has 1 aliphatic heterocycles. The first-order chi connectivity index (χ1) is 15.4. The number of phenols is 1. The van der Waals surface area contributed by atoms with Gasteiger partial charge in [0, 0.05) is 25.0 Å². The van der Waals surface area contributed by atoms with E-state index < -0.39 is 23.5 Å². The van der Waals surface area contributed by atoms with Crippen molar-refractivity contribution in [3.63, 3.8) is 0 Å². The molecule has 32 heavy (non-hydrogen) atoms. The number of ketones is 1. The van der Waals surface area contributed by atoms with Crippen molar-refractivity contribution in [2.45, 2.75) is 26.3 Å². The van der Waals surface area contributed by atoms with Gasteiger partial charge >= 0.3 is 0 Å². The topological polar surface area (TPSA) is 103 Å². The van der Waals surface area contributed by atoms with Gasteiger partial charge in [-0.15, -0.1) is 0 Å². The molecule has 8 nitrogen and oxygen atoms in total. The van der Waals surface area contributed by atoms with Crippen molar-refractivity contribution in [3.8, 4) is 11.5 Å². The molecule has 1 amide bonds. The van der Waals surface area contributed by atoms with E-state index in [9.17, 15) is 19.8 Å². The largest absolute Gasteiger partial charge is 0.507 e. The van der Waals surface area contributed by atoms with E-state index >= 15 is 0 Å². The Labute approximate surface area is 187 Å². The Bertz CT molecular complexity index is 1000. The number of amides is 1. The molecule has 170 valence electrons. The molecule has 1 aliphatic rings. The lowest BCUT2D eigenvalue weighted by Gasteiger charge is -2.26. The van der Waals surface area contributed by atoms with Crippen LogP contribution in [-0.2, 0) is 9.59 Å². The first-order valence-electron chi connectivity index (χ1n) is 10.7. The van der Waals surface area contributed by atoms with Crippen LogP contribution >= 0.6 is 0 Å². The van der Waals surface area contributed by atoms with Crippen LogP contribution in [0.5, 0.6) is 11.5 Å². The summed E-state index contributed by atoms with van der Waals surface area (Å²) in [6.07, 6.45) is 3.84. The number of hydrogen-bond acceptors (Lipinski definition) is 7. The second-order valence-corrected chi connectivity index (χ2v) is 7.54. The highest BCUT2D eigenvalue weighted by Gasteiger charge is 2.46. The van der Waals surface area contributed by atoms with Gasteiger partial charge in [0.2, 0.25) is 0 Å². The summed E-state index contributed by atoms with van der Waals surface area (Å²) < 4.78 is 5.09. The van der Waals surface area contributed by atoms with Crippen molar-refractivity contribution in [2.24, 2.45) is 0 Å². The molecule has 1 saturated heterocycles. The third-order valence-electron chi connectivity index (χ3n) is 5.79. The number of ether oxygens (including phenoxy) is 1. The summed E-state index contributed by atoms with van der Waals surface area (Å²) in [6.45, 7) is 7.11. The number of aromatic nitrogens is 1. The van der Waals surface area contributed by atoms with Gasteiger partial charge in [0.15, 0.2) is 0 Å². The highest BCUT2D eigenvalue weighted by molar-refractivity contribution is 6.46. The number of aliphatic hydroxyl groups is 1. The number of nitrogens with zero attached hydrogens (tertiary/aromatic N) is 3. The predicted octanol–water partition coefficient (Wildman–Crippen LogP) is 2.95. The minimum atomic E-state index is -0.776. The van der Waals surface area contributed by atoms with E-state index in [2.05, 4.69) is 23.7 Å². The van der Waals surface area contributed by atoms with Crippen molar-refractivity contribution in [3.05, 3.63) is 59.4 Å². The van der Waals surface area contributed by atoms with Gasteiger partial charge in [-0.3, -0.25) is 14.6 Å². The van der Waals surface area contributed by atoms with E-state index in [0.717, 1.165) is 19.6 Å². The zero-order valence-corrected chi connectivity index (χ0v) is 18.6. The maximum atomic E-state index is 13.0. The summed E-state index contributed by atoms with van der Waals surface area (Å²) >= 11 is 0. The molecular weight excluding hydrogens is 410 g/mol. The number of pyridine rings is 1. The van der Waals surface area contributed by atoms with E-state index in [0.29, 0.717) is 24.3 Å². The standard InChI is InChI=1S/C24H29N3O5/c1-4-26(5-2)13-6-14-27-21(16-9-11-25-12-10-16)20(23(30)24(27)31)22(29)18-8-7-17(32-3)15-19(18)28/h7-12,15,21,28-29H,4-6,13-14H2,1-3H3/t21-/m0/s1. The number of phenolic OH excluding ortho intramolecular Hbond substituents is 1. The third kappa shape index (κ3) is 4.60. The molecule has 0 spiro atoms. The smallest absolute Gasteiger partial charge is 0.295 e. The highest BCUT2D eigenvalue weighted by Crippen LogP contribution is 2.41. The maximum Gasteiger partial charge on any atom is 0.295 e. The molecule has 1 aromatic heterocycles. The van der Waals surface area contributed by atoms with E-state index in [-0.39, 0.29) is 16.9 Å². The molecule has 8 heteroatoms. The maximum absolute atomic E-state index is 13.0. The molecule has 0 radical (unpaired) electrons. The molecule has 0 saturated carbocycles. The Kier molecular flexibility index (Phi) is 7.48. The summed E-state index contributed by atoms with van der Waals surface area (Å²) in [5, 5.41) is 21.4. The Morgan fingerprint density at radius 3 is 2.44 bits per heavy atom. The van der Waals surface area contributed by atoms with Gasteiger partial charge in [0.25, 0.3) is 11.7 Å². The van der Waals surface area contributed by atoms with Gasteiger partial charge < -0.3 is 24.7 Å². The number of methoxy groups -OCH3 is 1. The second-order valence-electron chi connectivity index (χ2n) is 7.54. The number of likely N-dealkylation sites (tertiary alicyclic amines) is 1. The number of Topliss-reactive ketones (excluding diaryl/α,β-unsaturated/α-hetero) is 1. The summed E-state index contributed by atoms with van der Waals surface area (Å²) in [5.41, 5.74) is 0.673. The lowest BCUT2D eigenvalue weighted by molar-refractivity contribution is -0.140. The van der Waals surface area contributed by atoms with Crippen LogP contribution in [0.1, 0.15) is 37.4 Å². The first-order valence-corrected chi connectivity index (χ1v) is 10.7. The normalized spacial score (nSPS) is 17.9. The second kappa shape index (κ2) is 10.3. The zero-order chi connectivity index (χ0) is 23.3. The van der Waals surface area contributed by atoms with Crippen LogP contribution in [0.4, 0.5) is 0 Å². The Balaban J connectivity index is 2.03. The highest BCUT2D eigenvalue weighted by atomic mass is 16.5. The van der Waals surface area contributed by atoms with Crippen LogP contribution in [-0.4, -0.2) is 70.0 Å². The van der Waals surface area contributed by atoms with Crippen molar-refractivity contribution < 1.29 is 24.5 Å². The molecule has 1 fully saturated rings. The van der Waals surface area contributed by atoms with Gasteiger partial charge in [-0.05, 0) is 55.9 Å². The van der Waals surface area contributed by atoms with Gasteiger partial charge in [-0.1, -0.05) is 13.8 Å². The van der Waals surface area contributed by atoms with Gasteiger partial charge in [-0.25, -0.2) is 0 Å². The lowest BCUT2D eigenvalue weighted by Crippen LogP contribution is -2.33. The van der Waals surface area contributed by atoms with E-state index in [1.54, 1.807) is 30.6 Å². The van der Waals surface area contributed by atoms with Crippen LogP contribution < -0.4 is 4.74 Å². The van der Waals surface area contributed by atoms with Crippen LogP contribution in [0.15, 0.2) is 48.3 Å². The predicted molar refractivity (Wildman–Crippen MR) is 120 cm³/mol. The molecule has 0 aliphatic carbocycles. The van der Waals surface area contributed by atoms with E-state index in [1.165, 1.54) is 24.1 Å². The number of aliphatic hydroxyl groups excluding tert-OH is 1. The first kappa shape index (κ1) is 23.3. The molecule has 1 aromatic carbocycles. The van der Waals surface area contributed by atoms with Gasteiger partial charge in [-0.2, -0.15) is 0 Å². The molecule has 1 atom stereocenters. The van der Waals surface area contributed by atoms with Crippen LogP contribution in [0.3, 0.4) is 0 Å².